The van der Waals surface area contributed by atoms with Crippen molar-refractivity contribution in [2.45, 2.75) is 19.9 Å². The number of aliphatic carboxylic acids is 1. The third-order valence-electron chi connectivity index (χ3n) is 2.95. The van der Waals surface area contributed by atoms with Crippen LogP contribution in [0, 0.1) is 5.92 Å². The van der Waals surface area contributed by atoms with Crippen molar-refractivity contribution >= 4 is 34.2 Å². The van der Waals surface area contributed by atoms with Crippen molar-refractivity contribution in [2.24, 2.45) is 5.92 Å². The third kappa shape index (κ3) is 2.96. The number of aromatic nitrogens is 1. The van der Waals surface area contributed by atoms with Gasteiger partial charge < -0.3 is 10.4 Å². The number of hydrogen-bond donors (Lipinski definition) is 2. The summed E-state index contributed by atoms with van der Waals surface area (Å²) in [4.78, 5) is 15.5. The smallest absolute Gasteiger partial charge is 0.326 e. The summed E-state index contributed by atoms with van der Waals surface area (Å²) in [6, 6.07) is 6.50. The standard InChI is InChI=1S/C14H15ClN2O2/c1-8(2)13(14(18)19)17-11-5-6-16-12-7-9(15)3-4-10(11)12/h3-8,13H,1-2H3,(H,16,17)(H,18,19). The second-order valence-corrected chi connectivity index (χ2v) is 5.16. The highest BCUT2D eigenvalue weighted by atomic mass is 35.5. The maximum Gasteiger partial charge on any atom is 0.326 e. The lowest BCUT2D eigenvalue weighted by Gasteiger charge is -2.20. The van der Waals surface area contributed by atoms with Gasteiger partial charge in [0.2, 0.25) is 0 Å². The van der Waals surface area contributed by atoms with Gasteiger partial charge in [-0.2, -0.15) is 0 Å². The van der Waals surface area contributed by atoms with Crippen LogP contribution in [0.2, 0.25) is 5.02 Å². The topological polar surface area (TPSA) is 62.2 Å². The summed E-state index contributed by atoms with van der Waals surface area (Å²) in [6.07, 6.45) is 1.64. The number of fused-ring (bicyclic) bond motifs is 1. The van der Waals surface area contributed by atoms with Crippen LogP contribution in [0.5, 0.6) is 0 Å². The molecule has 2 aromatic rings. The molecule has 0 saturated carbocycles. The van der Waals surface area contributed by atoms with Crippen molar-refractivity contribution < 1.29 is 9.90 Å². The van der Waals surface area contributed by atoms with Gasteiger partial charge in [-0.25, -0.2) is 4.79 Å². The molecule has 4 nitrogen and oxygen atoms in total. The van der Waals surface area contributed by atoms with Crippen LogP contribution in [-0.4, -0.2) is 22.1 Å². The summed E-state index contributed by atoms with van der Waals surface area (Å²) in [6.45, 7) is 3.73. The quantitative estimate of drug-likeness (QED) is 0.900. The van der Waals surface area contributed by atoms with E-state index in [1.807, 2.05) is 19.9 Å². The highest BCUT2D eigenvalue weighted by molar-refractivity contribution is 6.31. The van der Waals surface area contributed by atoms with Gasteiger partial charge in [0.1, 0.15) is 6.04 Å². The molecule has 2 rings (SSSR count). The van der Waals surface area contributed by atoms with Crippen molar-refractivity contribution in [1.29, 1.82) is 0 Å². The first kappa shape index (κ1) is 13.6. The van der Waals surface area contributed by atoms with Crippen LogP contribution in [0.25, 0.3) is 10.9 Å². The van der Waals surface area contributed by atoms with Crippen molar-refractivity contribution in [1.82, 2.24) is 4.98 Å². The molecule has 0 aliphatic carbocycles. The Morgan fingerprint density at radius 3 is 2.74 bits per heavy atom. The van der Waals surface area contributed by atoms with Crippen LogP contribution in [-0.2, 0) is 4.79 Å². The largest absolute Gasteiger partial charge is 0.480 e. The molecule has 1 unspecified atom stereocenters. The Hall–Kier alpha value is -1.81. The van der Waals surface area contributed by atoms with Crippen LogP contribution >= 0.6 is 11.6 Å². The minimum Gasteiger partial charge on any atom is -0.480 e. The Morgan fingerprint density at radius 1 is 1.37 bits per heavy atom. The van der Waals surface area contributed by atoms with Crippen LogP contribution in [0.1, 0.15) is 13.8 Å². The number of carboxylic acid groups (broad SMARTS) is 1. The minimum absolute atomic E-state index is 0.0204. The highest BCUT2D eigenvalue weighted by Crippen LogP contribution is 2.25. The summed E-state index contributed by atoms with van der Waals surface area (Å²) in [5, 5.41) is 13.7. The van der Waals surface area contributed by atoms with E-state index in [0.717, 1.165) is 16.6 Å². The molecular formula is C14H15ClN2O2. The molecule has 0 aliphatic heterocycles. The summed E-state index contributed by atoms with van der Waals surface area (Å²) >= 11 is 5.92. The molecule has 1 heterocycles. The van der Waals surface area contributed by atoms with E-state index in [1.165, 1.54) is 0 Å². The average molecular weight is 279 g/mol. The normalized spacial score (nSPS) is 12.6. The second-order valence-electron chi connectivity index (χ2n) is 4.72. The Morgan fingerprint density at radius 2 is 2.11 bits per heavy atom. The van der Waals surface area contributed by atoms with Crippen molar-refractivity contribution in [3.05, 3.63) is 35.5 Å². The van der Waals surface area contributed by atoms with Crippen molar-refractivity contribution in [2.75, 3.05) is 5.32 Å². The van der Waals surface area contributed by atoms with E-state index in [1.54, 1.807) is 24.4 Å². The number of rotatable bonds is 4. The molecule has 0 fully saturated rings. The molecule has 0 aliphatic rings. The van der Waals surface area contributed by atoms with Gasteiger partial charge >= 0.3 is 5.97 Å². The Kier molecular flexibility index (Phi) is 3.90. The van der Waals surface area contributed by atoms with Crippen LogP contribution in [0.4, 0.5) is 5.69 Å². The predicted octanol–water partition coefficient (Wildman–Crippen LogP) is 3.41. The molecule has 100 valence electrons. The SMILES string of the molecule is CC(C)C(Nc1ccnc2cc(Cl)ccc12)C(=O)O. The number of nitrogens with zero attached hydrogens (tertiary/aromatic N) is 1. The van der Waals surface area contributed by atoms with Crippen LogP contribution in [0.15, 0.2) is 30.5 Å². The first-order valence-corrected chi connectivity index (χ1v) is 6.40. The maximum absolute atomic E-state index is 11.2. The molecule has 0 bridgehead atoms. The zero-order valence-electron chi connectivity index (χ0n) is 10.7. The molecule has 19 heavy (non-hydrogen) atoms. The van der Waals surface area contributed by atoms with Gasteiger partial charge in [-0.3, -0.25) is 4.98 Å². The Balaban J connectivity index is 2.42. The van der Waals surface area contributed by atoms with Gasteiger partial charge in [-0.1, -0.05) is 25.4 Å². The fourth-order valence-electron chi connectivity index (χ4n) is 1.93. The predicted molar refractivity (Wildman–Crippen MR) is 76.6 cm³/mol. The van der Waals surface area contributed by atoms with Gasteiger partial charge in [0.05, 0.1) is 5.52 Å². The lowest BCUT2D eigenvalue weighted by atomic mass is 10.0. The molecule has 1 aromatic heterocycles. The van der Waals surface area contributed by atoms with E-state index in [-0.39, 0.29) is 5.92 Å². The minimum atomic E-state index is -0.867. The number of halogens is 1. The monoisotopic (exact) mass is 278 g/mol. The lowest BCUT2D eigenvalue weighted by Crippen LogP contribution is -2.34. The molecular weight excluding hydrogens is 264 g/mol. The number of pyridine rings is 1. The van der Waals surface area contributed by atoms with Crippen LogP contribution < -0.4 is 5.32 Å². The molecule has 5 heteroatoms. The van der Waals surface area contributed by atoms with Crippen molar-refractivity contribution in [3.8, 4) is 0 Å². The molecule has 0 radical (unpaired) electrons. The second kappa shape index (κ2) is 5.45. The number of hydrogen-bond acceptors (Lipinski definition) is 3. The molecule has 0 amide bonds. The summed E-state index contributed by atoms with van der Waals surface area (Å²) in [7, 11) is 0. The Bertz CT molecular complexity index is 613. The van der Waals surface area contributed by atoms with Gasteiger partial charge in [-0.05, 0) is 30.2 Å². The fourth-order valence-corrected chi connectivity index (χ4v) is 2.09. The number of carbonyl (C=O) groups is 1. The zero-order valence-corrected chi connectivity index (χ0v) is 11.5. The number of anilines is 1. The summed E-state index contributed by atoms with van der Waals surface area (Å²) in [5.74, 6) is -0.887. The van der Waals surface area contributed by atoms with E-state index >= 15 is 0 Å². The third-order valence-corrected chi connectivity index (χ3v) is 3.18. The first-order chi connectivity index (χ1) is 8.99. The highest BCUT2D eigenvalue weighted by Gasteiger charge is 2.21. The zero-order chi connectivity index (χ0) is 14.0. The van der Waals surface area contributed by atoms with Crippen molar-refractivity contribution in [3.63, 3.8) is 0 Å². The Labute approximate surface area is 116 Å². The van der Waals surface area contributed by atoms with E-state index in [0.29, 0.717) is 5.02 Å². The van der Waals surface area contributed by atoms with E-state index in [9.17, 15) is 9.90 Å². The summed E-state index contributed by atoms with van der Waals surface area (Å²) < 4.78 is 0. The number of nitrogens with one attached hydrogen (secondary N) is 1. The van der Waals surface area contributed by atoms with E-state index < -0.39 is 12.0 Å². The first-order valence-electron chi connectivity index (χ1n) is 6.02. The van der Waals surface area contributed by atoms with E-state index in [2.05, 4.69) is 10.3 Å². The molecule has 0 saturated heterocycles. The van der Waals surface area contributed by atoms with Gasteiger partial charge in [0, 0.05) is 22.3 Å². The lowest BCUT2D eigenvalue weighted by molar-refractivity contribution is -0.138. The van der Waals surface area contributed by atoms with Crippen LogP contribution in [0.3, 0.4) is 0 Å². The molecule has 1 aromatic carbocycles. The van der Waals surface area contributed by atoms with Gasteiger partial charge in [-0.15, -0.1) is 0 Å². The van der Waals surface area contributed by atoms with Gasteiger partial charge in [0.15, 0.2) is 0 Å². The fraction of sp³-hybridized carbons (Fsp3) is 0.286. The van der Waals surface area contributed by atoms with E-state index in [4.69, 9.17) is 11.6 Å². The van der Waals surface area contributed by atoms with Gasteiger partial charge in [0.25, 0.3) is 0 Å². The maximum atomic E-state index is 11.2. The summed E-state index contributed by atoms with van der Waals surface area (Å²) in [5.41, 5.74) is 1.49. The number of carboxylic acids is 1. The number of benzene rings is 1. The molecule has 0 spiro atoms. The molecule has 2 N–H and O–H groups in total. The molecule has 1 atom stereocenters. The average Bonchev–Trinajstić information content (AvgIpc) is 2.34.